The molecule has 34 heavy (non-hydrogen) atoms. The quantitative estimate of drug-likeness (QED) is 0.336. The van der Waals surface area contributed by atoms with Gasteiger partial charge in [0.15, 0.2) is 12.4 Å². The van der Waals surface area contributed by atoms with Crippen molar-refractivity contribution in [2.75, 3.05) is 11.9 Å². The van der Waals surface area contributed by atoms with Crippen molar-refractivity contribution in [3.8, 4) is 17.0 Å². The zero-order valence-electron chi connectivity index (χ0n) is 18.3. The summed E-state index contributed by atoms with van der Waals surface area (Å²) in [6, 6.07) is 15.5. The van der Waals surface area contributed by atoms with Crippen LogP contribution in [0.15, 0.2) is 60.1 Å². The predicted molar refractivity (Wildman–Crippen MR) is 134 cm³/mol. The van der Waals surface area contributed by atoms with Gasteiger partial charge in [0.05, 0.1) is 5.69 Å². The maximum absolute atomic E-state index is 12.8. The fourth-order valence-corrected chi connectivity index (χ4v) is 5.08. The number of fused-ring (bicyclic) bond motifs is 1. The van der Waals surface area contributed by atoms with Crippen LogP contribution in [0.3, 0.4) is 0 Å². The number of H-pyrrole nitrogens is 1. The Morgan fingerprint density at radius 3 is 2.82 bits per heavy atom. The summed E-state index contributed by atoms with van der Waals surface area (Å²) in [6.07, 6.45) is 4.56. The number of ether oxygens (including phenoxy) is 1. The molecule has 0 aliphatic heterocycles. The van der Waals surface area contributed by atoms with Gasteiger partial charge < -0.3 is 15.0 Å². The Labute approximate surface area is 206 Å². The normalized spacial score (nSPS) is 12.9. The molecule has 0 fully saturated rings. The van der Waals surface area contributed by atoms with Crippen molar-refractivity contribution in [3.63, 3.8) is 0 Å². The summed E-state index contributed by atoms with van der Waals surface area (Å²) in [5.41, 5.74) is 5.68. The number of hydrogen-bond donors (Lipinski definition) is 2. The van der Waals surface area contributed by atoms with E-state index in [0.29, 0.717) is 28.7 Å². The third-order valence-electron chi connectivity index (χ3n) is 5.77. The third-order valence-corrected chi connectivity index (χ3v) is 6.91. The maximum Gasteiger partial charge on any atom is 0.263 e. The van der Waals surface area contributed by atoms with Crippen LogP contribution in [0.2, 0.25) is 4.34 Å². The zero-order chi connectivity index (χ0) is 23.5. The molecular weight excluding hydrogens is 470 g/mol. The SMILES string of the molecule is O=C(COc1ccsc1Cl)Nc1cc(-c2[nH]c3c(c2Cc2ccccc2)C(=O)CCC3)ccn1. The highest BCUT2D eigenvalue weighted by Crippen LogP contribution is 2.35. The van der Waals surface area contributed by atoms with Crippen LogP contribution in [-0.2, 0) is 17.6 Å². The fraction of sp³-hybridized carbons (Fsp3) is 0.192. The van der Waals surface area contributed by atoms with Crippen molar-refractivity contribution in [2.24, 2.45) is 0 Å². The third kappa shape index (κ3) is 4.76. The average Bonchev–Trinajstić information content (AvgIpc) is 3.42. The lowest BCUT2D eigenvalue weighted by Crippen LogP contribution is -2.20. The lowest BCUT2D eigenvalue weighted by molar-refractivity contribution is -0.118. The largest absolute Gasteiger partial charge is 0.481 e. The molecule has 1 amide bonds. The Morgan fingerprint density at radius 1 is 1.18 bits per heavy atom. The number of aryl methyl sites for hydroxylation is 1. The molecule has 5 rings (SSSR count). The van der Waals surface area contributed by atoms with Crippen LogP contribution in [0.4, 0.5) is 5.82 Å². The molecule has 8 heteroatoms. The van der Waals surface area contributed by atoms with Gasteiger partial charge in [-0.1, -0.05) is 41.9 Å². The first-order valence-corrected chi connectivity index (χ1v) is 12.3. The molecule has 0 bridgehead atoms. The second-order valence-corrected chi connectivity index (χ2v) is 9.61. The molecule has 0 saturated heterocycles. The summed E-state index contributed by atoms with van der Waals surface area (Å²) in [7, 11) is 0. The minimum Gasteiger partial charge on any atom is -0.481 e. The summed E-state index contributed by atoms with van der Waals surface area (Å²) >= 11 is 7.36. The zero-order valence-corrected chi connectivity index (χ0v) is 19.8. The van der Waals surface area contributed by atoms with E-state index in [1.54, 1.807) is 17.6 Å². The van der Waals surface area contributed by atoms with E-state index in [1.807, 2.05) is 30.3 Å². The number of carbonyl (C=O) groups is 2. The van der Waals surface area contributed by atoms with Crippen LogP contribution in [0.25, 0.3) is 11.3 Å². The van der Waals surface area contributed by atoms with E-state index in [9.17, 15) is 9.59 Å². The van der Waals surface area contributed by atoms with Crippen LogP contribution in [-0.4, -0.2) is 28.3 Å². The van der Waals surface area contributed by atoms with Crippen LogP contribution in [0, 0.1) is 0 Å². The van der Waals surface area contributed by atoms with E-state index >= 15 is 0 Å². The molecule has 0 saturated carbocycles. The predicted octanol–water partition coefficient (Wildman–Crippen LogP) is 5.92. The first kappa shape index (κ1) is 22.4. The molecule has 2 N–H and O–H groups in total. The summed E-state index contributed by atoms with van der Waals surface area (Å²) in [6.45, 7) is -0.174. The molecular formula is C26H22ClN3O3S. The van der Waals surface area contributed by atoms with Crippen molar-refractivity contribution in [1.82, 2.24) is 9.97 Å². The summed E-state index contributed by atoms with van der Waals surface area (Å²) in [4.78, 5) is 33.0. The van der Waals surface area contributed by atoms with E-state index in [0.717, 1.165) is 46.5 Å². The van der Waals surface area contributed by atoms with E-state index in [-0.39, 0.29) is 18.3 Å². The van der Waals surface area contributed by atoms with Gasteiger partial charge in [-0.05, 0) is 47.5 Å². The number of amides is 1. The first-order chi connectivity index (χ1) is 16.6. The number of aromatic amines is 1. The number of anilines is 1. The highest BCUT2D eigenvalue weighted by molar-refractivity contribution is 7.14. The standard InChI is InChI=1S/C26H22ClN3O3S/c27-26-21(10-12-34-26)33-15-23(32)30-22-14-17(9-11-28-22)25-18(13-16-5-2-1-3-6-16)24-19(29-25)7-4-8-20(24)31/h1-3,5-6,9-12,14,29H,4,7-8,13,15H2,(H,28,30,32). The minimum atomic E-state index is -0.336. The Hall–Kier alpha value is -3.42. The molecule has 3 aromatic heterocycles. The summed E-state index contributed by atoms with van der Waals surface area (Å²) < 4.78 is 5.98. The van der Waals surface area contributed by atoms with Crippen molar-refractivity contribution in [3.05, 3.63) is 86.8 Å². The van der Waals surface area contributed by atoms with E-state index in [4.69, 9.17) is 16.3 Å². The number of Topliss-reactive ketones (excluding diaryl/α,β-unsaturated/α-hetero) is 1. The topological polar surface area (TPSA) is 84.1 Å². The van der Waals surface area contributed by atoms with Crippen LogP contribution >= 0.6 is 22.9 Å². The van der Waals surface area contributed by atoms with Crippen molar-refractivity contribution in [1.29, 1.82) is 0 Å². The highest BCUT2D eigenvalue weighted by Gasteiger charge is 2.26. The van der Waals surface area contributed by atoms with Gasteiger partial charge in [-0.3, -0.25) is 9.59 Å². The molecule has 0 radical (unpaired) electrons. The van der Waals surface area contributed by atoms with Gasteiger partial charge in [-0.15, -0.1) is 11.3 Å². The molecule has 1 aliphatic rings. The fourth-order valence-electron chi connectivity index (χ4n) is 4.25. The number of aromatic nitrogens is 2. The van der Waals surface area contributed by atoms with Gasteiger partial charge in [0.1, 0.15) is 15.9 Å². The number of benzene rings is 1. The number of carbonyl (C=O) groups excluding carboxylic acids is 2. The Balaban J connectivity index is 1.41. The number of pyridine rings is 1. The molecule has 6 nitrogen and oxygen atoms in total. The molecule has 0 spiro atoms. The highest BCUT2D eigenvalue weighted by atomic mass is 35.5. The van der Waals surface area contributed by atoms with Gasteiger partial charge in [0.2, 0.25) is 0 Å². The van der Waals surface area contributed by atoms with Gasteiger partial charge in [-0.2, -0.15) is 0 Å². The average molecular weight is 492 g/mol. The second kappa shape index (κ2) is 9.83. The van der Waals surface area contributed by atoms with Crippen LogP contribution < -0.4 is 10.1 Å². The van der Waals surface area contributed by atoms with E-state index < -0.39 is 0 Å². The summed E-state index contributed by atoms with van der Waals surface area (Å²) in [5.74, 6) is 0.738. The van der Waals surface area contributed by atoms with Crippen molar-refractivity contribution < 1.29 is 14.3 Å². The second-order valence-electron chi connectivity index (χ2n) is 8.10. The molecule has 4 aromatic rings. The maximum atomic E-state index is 12.8. The van der Waals surface area contributed by atoms with Crippen LogP contribution in [0.5, 0.6) is 5.75 Å². The lowest BCUT2D eigenvalue weighted by atomic mass is 9.90. The van der Waals surface area contributed by atoms with E-state index in [1.165, 1.54) is 11.3 Å². The number of hydrogen-bond acceptors (Lipinski definition) is 5. The Bertz CT molecular complexity index is 1350. The number of ketones is 1. The Morgan fingerprint density at radius 2 is 2.03 bits per heavy atom. The summed E-state index contributed by atoms with van der Waals surface area (Å²) in [5, 5.41) is 4.58. The number of nitrogens with one attached hydrogen (secondary N) is 2. The molecule has 172 valence electrons. The van der Waals surface area contributed by atoms with Gasteiger partial charge in [0.25, 0.3) is 5.91 Å². The lowest BCUT2D eigenvalue weighted by Gasteiger charge is -2.12. The molecule has 0 unspecified atom stereocenters. The Kier molecular flexibility index (Phi) is 6.47. The van der Waals surface area contributed by atoms with Gasteiger partial charge in [0, 0.05) is 35.9 Å². The number of thiophene rings is 1. The first-order valence-electron chi connectivity index (χ1n) is 11.0. The monoisotopic (exact) mass is 491 g/mol. The van der Waals surface area contributed by atoms with Gasteiger partial charge in [-0.25, -0.2) is 4.98 Å². The molecule has 1 aromatic carbocycles. The smallest absolute Gasteiger partial charge is 0.263 e. The molecule has 3 heterocycles. The van der Waals surface area contributed by atoms with Crippen LogP contribution in [0.1, 0.15) is 40.0 Å². The molecule has 1 aliphatic carbocycles. The van der Waals surface area contributed by atoms with Gasteiger partial charge >= 0.3 is 0 Å². The number of rotatable bonds is 7. The molecule has 0 atom stereocenters. The number of halogens is 1. The van der Waals surface area contributed by atoms with Crippen molar-refractivity contribution >= 4 is 40.4 Å². The minimum absolute atomic E-state index is 0.174. The van der Waals surface area contributed by atoms with E-state index in [2.05, 4.69) is 27.4 Å². The number of nitrogens with zero attached hydrogens (tertiary/aromatic N) is 1. The van der Waals surface area contributed by atoms with Crippen molar-refractivity contribution in [2.45, 2.75) is 25.7 Å².